The maximum atomic E-state index is 13.5. The molecular weight excluding hydrogens is 387 g/mol. The van der Waals surface area contributed by atoms with Gasteiger partial charge in [-0.25, -0.2) is 4.68 Å². The van der Waals surface area contributed by atoms with Crippen LogP contribution in [0.4, 0.5) is 19.0 Å². The zero-order valence-electron chi connectivity index (χ0n) is 15.9. The highest BCUT2D eigenvalue weighted by Crippen LogP contribution is 2.41. The zero-order chi connectivity index (χ0) is 20.6. The maximum Gasteiger partial charge on any atom is 0.410 e. The highest BCUT2D eigenvalue weighted by atomic mass is 19.4. The average molecular weight is 409 g/mol. The number of ether oxygens (including phenoxy) is 1. The van der Waals surface area contributed by atoms with E-state index in [1.807, 2.05) is 0 Å². The molecule has 0 radical (unpaired) electrons. The van der Waals surface area contributed by atoms with Crippen LogP contribution in [0.3, 0.4) is 0 Å². The number of aromatic nitrogens is 3. The Morgan fingerprint density at radius 2 is 2.24 bits per heavy atom. The lowest BCUT2D eigenvalue weighted by molar-refractivity contribution is -0.173. The van der Waals surface area contributed by atoms with Gasteiger partial charge in [-0.05, 0) is 38.3 Å². The molecule has 1 N–H and O–H groups in total. The fourth-order valence-electron chi connectivity index (χ4n) is 3.97. The lowest BCUT2D eigenvalue weighted by atomic mass is 10.1. The molecule has 0 bridgehead atoms. The third-order valence-electron chi connectivity index (χ3n) is 5.31. The largest absolute Gasteiger partial charge is 0.482 e. The lowest BCUT2D eigenvalue weighted by Crippen LogP contribution is -2.38. The number of carbonyl (C=O) groups is 1. The number of halogens is 3. The van der Waals surface area contributed by atoms with Crippen LogP contribution in [0, 0.1) is 0 Å². The minimum absolute atomic E-state index is 0.0795. The Morgan fingerprint density at radius 1 is 1.41 bits per heavy atom. The van der Waals surface area contributed by atoms with Crippen molar-refractivity contribution < 1.29 is 22.7 Å². The molecule has 4 rings (SSSR count). The minimum Gasteiger partial charge on any atom is -0.482 e. The Morgan fingerprint density at radius 3 is 2.97 bits per heavy atom. The molecule has 156 valence electrons. The van der Waals surface area contributed by atoms with E-state index in [1.54, 1.807) is 36.2 Å². The number of alkyl halides is 3. The number of hydrogen-bond donors (Lipinski definition) is 1. The van der Waals surface area contributed by atoms with Crippen molar-refractivity contribution in [2.45, 2.75) is 50.5 Å². The number of hydrogen-bond acceptors (Lipinski definition) is 5. The molecule has 1 amide bonds. The SMILES string of the molecule is C[C@@H]1C[C@H](C(F)(F)F)n2nc([C@H]3CCCN3C(=O)COc3cccnc3)cc2N1. The summed E-state index contributed by atoms with van der Waals surface area (Å²) in [7, 11) is 0. The summed E-state index contributed by atoms with van der Waals surface area (Å²) in [6.45, 7) is 2.08. The predicted octanol–water partition coefficient (Wildman–Crippen LogP) is 3.33. The highest BCUT2D eigenvalue weighted by Gasteiger charge is 2.46. The van der Waals surface area contributed by atoms with Gasteiger partial charge in [-0.1, -0.05) is 0 Å². The van der Waals surface area contributed by atoms with Crippen LogP contribution in [0.1, 0.15) is 44.0 Å². The molecule has 0 aliphatic carbocycles. The Bertz CT molecular complexity index is 870. The summed E-state index contributed by atoms with van der Waals surface area (Å²) >= 11 is 0. The Labute approximate surface area is 165 Å². The fourth-order valence-corrected chi connectivity index (χ4v) is 3.97. The van der Waals surface area contributed by atoms with Gasteiger partial charge in [0.1, 0.15) is 11.6 Å². The first-order chi connectivity index (χ1) is 13.8. The van der Waals surface area contributed by atoms with Crippen LogP contribution in [0.25, 0.3) is 0 Å². The minimum atomic E-state index is -4.38. The van der Waals surface area contributed by atoms with Crippen LogP contribution >= 0.6 is 0 Å². The molecule has 1 saturated heterocycles. The fraction of sp³-hybridized carbons (Fsp3) is 0.526. The number of rotatable bonds is 4. The van der Waals surface area contributed by atoms with Crippen molar-refractivity contribution in [1.82, 2.24) is 19.7 Å². The van der Waals surface area contributed by atoms with Crippen LogP contribution in [0.5, 0.6) is 5.75 Å². The van der Waals surface area contributed by atoms with E-state index < -0.39 is 12.2 Å². The zero-order valence-corrected chi connectivity index (χ0v) is 15.9. The topological polar surface area (TPSA) is 72.3 Å². The third kappa shape index (κ3) is 4.01. The molecule has 2 aromatic rings. The van der Waals surface area contributed by atoms with Gasteiger partial charge in [-0.2, -0.15) is 18.3 Å². The van der Waals surface area contributed by atoms with Crippen LogP contribution < -0.4 is 10.1 Å². The molecule has 0 unspecified atom stereocenters. The first kappa shape index (κ1) is 19.5. The first-order valence-corrected chi connectivity index (χ1v) is 9.58. The Balaban J connectivity index is 1.51. The van der Waals surface area contributed by atoms with Crippen molar-refractivity contribution >= 4 is 11.7 Å². The number of pyridine rings is 1. The van der Waals surface area contributed by atoms with E-state index in [2.05, 4.69) is 15.4 Å². The molecule has 7 nitrogen and oxygen atoms in total. The van der Waals surface area contributed by atoms with Crippen LogP contribution in [0.15, 0.2) is 30.6 Å². The summed E-state index contributed by atoms with van der Waals surface area (Å²) in [5, 5.41) is 7.32. The summed E-state index contributed by atoms with van der Waals surface area (Å²) in [5.74, 6) is 0.600. The average Bonchev–Trinajstić information content (AvgIpc) is 3.32. The van der Waals surface area contributed by atoms with Crippen molar-refractivity contribution in [1.29, 1.82) is 0 Å². The number of amides is 1. The summed E-state index contributed by atoms with van der Waals surface area (Å²) in [6, 6.07) is 2.71. The number of fused-ring (bicyclic) bond motifs is 1. The molecule has 2 aromatic heterocycles. The Kier molecular flexibility index (Phi) is 5.10. The molecule has 3 atom stereocenters. The van der Waals surface area contributed by atoms with Gasteiger partial charge >= 0.3 is 6.18 Å². The molecule has 0 saturated carbocycles. The molecule has 10 heteroatoms. The molecule has 1 fully saturated rings. The van der Waals surface area contributed by atoms with Crippen molar-refractivity contribution in [3.8, 4) is 5.75 Å². The second-order valence-electron chi connectivity index (χ2n) is 7.46. The molecular formula is C19H22F3N5O2. The number of likely N-dealkylation sites (tertiary alicyclic amines) is 1. The highest BCUT2D eigenvalue weighted by molar-refractivity contribution is 5.78. The van der Waals surface area contributed by atoms with Crippen LogP contribution in [0.2, 0.25) is 0 Å². The van der Waals surface area contributed by atoms with Gasteiger partial charge in [0.05, 0.1) is 17.9 Å². The van der Waals surface area contributed by atoms with Crippen LogP contribution in [-0.4, -0.2) is 50.9 Å². The van der Waals surface area contributed by atoms with E-state index >= 15 is 0 Å². The van der Waals surface area contributed by atoms with E-state index in [9.17, 15) is 18.0 Å². The normalized spacial score (nSPS) is 24.1. The monoisotopic (exact) mass is 409 g/mol. The lowest BCUT2D eigenvalue weighted by Gasteiger charge is -2.31. The Hall–Kier alpha value is -2.78. The molecule has 0 spiro atoms. The van der Waals surface area contributed by atoms with Gasteiger partial charge in [0.15, 0.2) is 12.6 Å². The number of nitrogens with zero attached hydrogens (tertiary/aromatic N) is 4. The molecule has 29 heavy (non-hydrogen) atoms. The maximum absolute atomic E-state index is 13.5. The van der Waals surface area contributed by atoms with E-state index in [4.69, 9.17) is 4.74 Å². The van der Waals surface area contributed by atoms with Gasteiger partial charge in [-0.15, -0.1) is 0 Å². The molecule has 2 aliphatic heterocycles. The van der Waals surface area contributed by atoms with Gasteiger partial charge in [0.2, 0.25) is 0 Å². The first-order valence-electron chi connectivity index (χ1n) is 9.58. The van der Waals surface area contributed by atoms with Crippen LogP contribution in [-0.2, 0) is 4.79 Å². The van der Waals surface area contributed by atoms with Crippen molar-refractivity contribution in [3.63, 3.8) is 0 Å². The molecule has 2 aliphatic rings. The van der Waals surface area contributed by atoms with Crippen molar-refractivity contribution in [2.75, 3.05) is 18.5 Å². The summed E-state index contributed by atoms with van der Waals surface area (Å²) in [4.78, 5) is 18.2. The van der Waals surface area contributed by atoms with E-state index in [1.165, 1.54) is 6.20 Å². The standard InChI is InChI=1S/C19H22F3N5O2/c1-12-8-16(19(20,21)22)27-17(24-12)9-14(25-27)15-5-3-7-26(15)18(28)11-29-13-4-2-6-23-10-13/h2,4,6,9-10,12,15-16,24H,3,5,7-8,11H2,1H3/t12-,15-,16-/m1/s1. The summed E-state index contributed by atoms with van der Waals surface area (Å²) in [5.41, 5.74) is 0.475. The smallest absolute Gasteiger partial charge is 0.410 e. The van der Waals surface area contributed by atoms with E-state index in [0.717, 1.165) is 11.1 Å². The number of anilines is 1. The quantitative estimate of drug-likeness (QED) is 0.839. The van der Waals surface area contributed by atoms with Gasteiger partial charge in [0, 0.05) is 24.8 Å². The van der Waals surface area contributed by atoms with Gasteiger partial charge in [-0.3, -0.25) is 9.78 Å². The molecule has 0 aromatic carbocycles. The summed E-state index contributed by atoms with van der Waals surface area (Å²) < 4.78 is 46.9. The third-order valence-corrected chi connectivity index (χ3v) is 5.31. The number of carbonyl (C=O) groups excluding carboxylic acids is 1. The second kappa shape index (κ2) is 7.57. The van der Waals surface area contributed by atoms with E-state index in [-0.39, 0.29) is 31.0 Å². The second-order valence-corrected chi connectivity index (χ2v) is 7.46. The molecule has 4 heterocycles. The summed E-state index contributed by atoms with van der Waals surface area (Å²) in [6.07, 6.45) is 0.0808. The van der Waals surface area contributed by atoms with Crippen molar-refractivity contribution in [2.24, 2.45) is 0 Å². The van der Waals surface area contributed by atoms with Gasteiger partial charge in [0.25, 0.3) is 5.91 Å². The predicted molar refractivity (Wildman–Crippen MR) is 98.4 cm³/mol. The number of nitrogens with one attached hydrogen (secondary N) is 1. The van der Waals surface area contributed by atoms with E-state index in [0.29, 0.717) is 30.2 Å². The van der Waals surface area contributed by atoms with Gasteiger partial charge < -0.3 is 15.0 Å². The van der Waals surface area contributed by atoms with Crippen molar-refractivity contribution in [3.05, 3.63) is 36.3 Å².